The van der Waals surface area contributed by atoms with Crippen LogP contribution in [0.4, 0.5) is 8.78 Å². The molecule has 0 bridgehead atoms. The van der Waals surface area contributed by atoms with Gasteiger partial charge in [0, 0.05) is 24.0 Å². The lowest BCUT2D eigenvalue weighted by Gasteiger charge is -1.98. The highest BCUT2D eigenvalue weighted by molar-refractivity contribution is 5.63. The number of halogens is 2. The molecule has 0 saturated carbocycles. The second kappa shape index (κ2) is 3.66. The summed E-state index contributed by atoms with van der Waals surface area (Å²) in [6.07, 6.45) is 3.54. The lowest BCUT2D eigenvalue weighted by Crippen LogP contribution is -1.85. The Morgan fingerprint density at radius 3 is 2.71 bits per heavy atom. The molecule has 0 spiro atoms. The van der Waals surface area contributed by atoms with Crippen molar-refractivity contribution in [3.05, 3.63) is 60.4 Å². The zero-order chi connectivity index (χ0) is 11.8. The lowest BCUT2D eigenvalue weighted by atomic mass is 10.1. The molecule has 0 N–H and O–H groups in total. The lowest BCUT2D eigenvalue weighted by molar-refractivity contribution is 0.585. The van der Waals surface area contributed by atoms with Crippen LogP contribution >= 0.6 is 0 Å². The summed E-state index contributed by atoms with van der Waals surface area (Å²) in [5, 5.41) is 0. The van der Waals surface area contributed by atoms with Crippen molar-refractivity contribution in [2.24, 2.45) is 0 Å². The van der Waals surface area contributed by atoms with Gasteiger partial charge in [-0.1, -0.05) is 6.07 Å². The number of hydrogen-bond donors (Lipinski definition) is 0. The van der Waals surface area contributed by atoms with Gasteiger partial charge in [-0.05, 0) is 24.3 Å². The van der Waals surface area contributed by atoms with E-state index in [1.54, 1.807) is 10.6 Å². The van der Waals surface area contributed by atoms with E-state index in [0.29, 0.717) is 11.3 Å². The highest BCUT2D eigenvalue weighted by atomic mass is 19.1. The first-order valence-corrected chi connectivity index (χ1v) is 5.13. The van der Waals surface area contributed by atoms with Gasteiger partial charge in [-0.2, -0.15) is 0 Å². The average molecular weight is 230 g/mol. The molecule has 3 aromatic rings. The molecule has 2 nitrogen and oxygen atoms in total. The van der Waals surface area contributed by atoms with Gasteiger partial charge in [0.15, 0.2) is 0 Å². The maximum absolute atomic E-state index is 13.6. The Morgan fingerprint density at radius 1 is 1.06 bits per heavy atom. The Balaban J connectivity index is 2.20. The molecule has 2 heterocycles. The summed E-state index contributed by atoms with van der Waals surface area (Å²) in [5.41, 5.74) is 1.52. The maximum atomic E-state index is 13.6. The van der Waals surface area contributed by atoms with Crippen LogP contribution in [0.15, 0.2) is 48.8 Å². The van der Waals surface area contributed by atoms with E-state index in [9.17, 15) is 8.78 Å². The number of fused-ring (bicyclic) bond motifs is 1. The molecule has 0 aliphatic heterocycles. The normalized spacial score (nSPS) is 10.9. The molecule has 84 valence electrons. The number of hydrogen-bond acceptors (Lipinski definition) is 1. The van der Waals surface area contributed by atoms with Crippen LogP contribution in [0.5, 0.6) is 0 Å². The fourth-order valence-corrected chi connectivity index (χ4v) is 1.76. The molecule has 0 fully saturated rings. The smallest absolute Gasteiger partial charge is 0.137 e. The van der Waals surface area contributed by atoms with Crippen molar-refractivity contribution in [2.75, 3.05) is 0 Å². The highest BCUT2D eigenvalue weighted by Crippen LogP contribution is 2.22. The van der Waals surface area contributed by atoms with Crippen molar-refractivity contribution in [2.45, 2.75) is 0 Å². The van der Waals surface area contributed by atoms with Gasteiger partial charge < -0.3 is 4.40 Å². The summed E-state index contributed by atoms with van der Waals surface area (Å²) in [4.78, 5) is 4.27. The van der Waals surface area contributed by atoms with E-state index in [0.717, 1.165) is 11.7 Å². The number of imidazole rings is 1. The third-order valence-electron chi connectivity index (χ3n) is 2.57. The van der Waals surface area contributed by atoms with Crippen molar-refractivity contribution in [3.8, 4) is 11.3 Å². The molecule has 4 heteroatoms. The minimum absolute atomic E-state index is 0.301. The third kappa shape index (κ3) is 1.67. The minimum atomic E-state index is -0.603. The van der Waals surface area contributed by atoms with Crippen molar-refractivity contribution < 1.29 is 8.78 Å². The molecule has 0 radical (unpaired) electrons. The zero-order valence-electron chi connectivity index (χ0n) is 8.77. The van der Waals surface area contributed by atoms with E-state index in [-0.39, 0.29) is 0 Å². The number of aromatic nitrogens is 2. The van der Waals surface area contributed by atoms with Gasteiger partial charge in [-0.3, -0.25) is 0 Å². The van der Waals surface area contributed by atoms with Crippen molar-refractivity contribution in [1.82, 2.24) is 9.38 Å². The van der Waals surface area contributed by atoms with E-state index in [1.165, 1.54) is 12.1 Å². The van der Waals surface area contributed by atoms with Crippen LogP contribution in [0.1, 0.15) is 0 Å². The summed E-state index contributed by atoms with van der Waals surface area (Å²) < 4.78 is 28.2. The molecular weight excluding hydrogens is 222 g/mol. The largest absolute Gasteiger partial charge is 0.306 e. The van der Waals surface area contributed by atoms with Gasteiger partial charge >= 0.3 is 0 Å². The van der Waals surface area contributed by atoms with Crippen LogP contribution in [0.25, 0.3) is 16.9 Å². The molecule has 2 aromatic heterocycles. The molecule has 0 aliphatic carbocycles. The van der Waals surface area contributed by atoms with Crippen LogP contribution in [0.2, 0.25) is 0 Å². The Hall–Kier alpha value is -2.23. The van der Waals surface area contributed by atoms with E-state index >= 15 is 0 Å². The maximum Gasteiger partial charge on any atom is 0.137 e. The fourth-order valence-electron chi connectivity index (χ4n) is 1.76. The van der Waals surface area contributed by atoms with E-state index in [1.807, 2.05) is 24.4 Å². The minimum Gasteiger partial charge on any atom is -0.306 e. The monoisotopic (exact) mass is 230 g/mol. The zero-order valence-corrected chi connectivity index (χ0v) is 8.77. The number of rotatable bonds is 1. The summed E-state index contributed by atoms with van der Waals surface area (Å²) in [5.74, 6) is -1.19. The van der Waals surface area contributed by atoms with Crippen molar-refractivity contribution >= 4 is 5.65 Å². The van der Waals surface area contributed by atoms with Crippen LogP contribution in [0.3, 0.4) is 0 Å². The summed E-state index contributed by atoms with van der Waals surface area (Å²) >= 11 is 0. The van der Waals surface area contributed by atoms with Gasteiger partial charge in [-0.15, -0.1) is 0 Å². The van der Waals surface area contributed by atoms with Crippen LogP contribution < -0.4 is 0 Å². The quantitative estimate of drug-likeness (QED) is 0.627. The summed E-state index contributed by atoms with van der Waals surface area (Å²) in [6.45, 7) is 0. The van der Waals surface area contributed by atoms with E-state index in [2.05, 4.69) is 4.98 Å². The average Bonchev–Trinajstić information content (AvgIpc) is 2.72. The fraction of sp³-hybridized carbons (Fsp3) is 0. The number of nitrogens with zero attached hydrogens (tertiary/aromatic N) is 2. The standard InChI is InChI=1S/C13H8F2N2/c14-9-4-5-10(11(15)7-9)12-8-17-6-2-1-3-13(17)16-12/h1-8H. The van der Waals surface area contributed by atoms with Crippen molar-refractivity contribution in [1.29, 1.82) is 0 Å². The van der Waals surface area contributed by atoms with Crippen LogP contribution in [0, 0.1) is 11.6 Å². The molecule has 0 unspecified atom stereocenters. The third-order valence-corrected chi connectivity index (χ3v) is 2.57. The SMILES string of the molecule is Fc1ccc(-c2cn3ccccc3n2)c(F)c1. The molecule has 3 rings (SSSR count). The Kier molecular flexibility index (Phi) is 2.14. The topological polar surface area (TPSA) is 17.3 Å². The van der Waals surface area contributed by atoms with Crippen molar-refractivity contribution in [3.63, 3.8) is 0 Å². The predicted molar refractivity (Wildman–Crippen MR) is 60.5 cm³/mol. The van der Waals surface area contributed by atoms with E-state index in [4.69, 9.17) is 0 Å². The second-order valence-corrected chi connectivity index (χ2v) is 3.72. The van der Waals surface area contributed by atoms with Gasteiger partial charge in [0.05, 0.1) is 5.69 Å². The van der Waals surface area contributed by atoms with Gasteiger partial charge in [0.25, 0.3) is 0 Å². The molecule has 0 aliphatic rings. The summed E-state index contributed by atoms with van der Waals surface area (Å²) in [6, 6.07) is 9.02. The Labute approximate surface area is 96.2 Å². The van der Waals surface area contributed by atoms with Gasteiger partial charge in [0.2, 0.25) is 0 Å². The molecule has 1 aromatic carbocycles. The Bertz CT molecular complexity index is 656. The molecule has 0 amide bonds. The van der Waals surface area contributed by atoms with E-state index < -0.39 is 11.6 Å². The first-order chi connectivity index (χ1) is 8.24. The van der Waals surface area contributed by atoms with Gasteiger partial charge in [0.1, 0.15) is 17.3 Å². The summed E-state index contributed by atoms with van der Waals surface area (Å²) in [7, 11) is 0. The number of benzene rings is 1. The molecule has 0 saturated heterocycles. The molecule has 17 heavy (non-hydrogen) atoms. The van der Waals surface area contributed by atoms with Crippen LogP contribution in [-0.4, -0.2) is 9.38 Å². The predicted octanol–water partition coefficient (Wildman–Crippen LogP) is 3.28. The second-order valence-electron chi connectivity index (χ2n) is 3.72. The van der Waals surface area contributed by atoms with Gasteiger partial charge in [-0.25, -0.2) is 13.8 Å². The number of pyridine rings is 1. The first kappa shape index (κ1) is 9.96. The van der Waals surface area contributed by atoms with Crippen LogP contribution in [-0.2, 0) is 0 Å². The highest BCUT2D eigenvalue weighted by Gasteiger charge is 2.09. The molecule has 0 atom stereocenters. The Morgan fingerprint density at radius 2 is 1.94 bits per heavy atom. The first-order valence-electron chi connectivity index (χ1n) is 5.13. The molecular formula is C13H8F2N2.